The number of aromatic nitrogens is 1. The van der Waals surface area contributed by atoms with E-state index in [1.807, 2.05) is 19.2 Å². The summed E-state index contributed by atoms with van der Waals surface area (Å²) < 4.78 is 23.0. The predicted molar refractivity (Wildman–Crippen MR) is 225 cm³/mol. The Hall–Kier alpha value is -4.50. The molecule has 1 atom stereocenters. The number of nitrogens with zero attached hydrogens (tertiary/aromatic N) is 3. The van der Waals surface area contributed by atoms with Crippen LogP contribution in [0.25, 0.3) is 0 Å². The molecule has 0 saturated heterocycles. The number of ether oxygens (including phenoxy) is 3. The first-order chi connectivity index (χ1) is 26.6. The third-order valence-electron chi connectivity index (χ3n) is 11.8. The van der Waals surface area contributed by atoms with Crippen molar-refractivity contribution >= 4 is 17.1 Å². The van der Waals surface area contributed by atoms with Gasteiger partial charge in [-0.3, -0.25) is 0 Å². The van der Waals surface area contributed by atoms with Crippen LogP contribution in [0.5, 0.6) is 5.75 Å². The standard InChI is InChI=1S/C48H63N3O5/c1-46(2,3)45(36-22-25-49(8)26-23-36)56-44-34(15-20-42-48(6,7)39-31-37(55-10)17-19-41(39)50(42)24-11-28-52)13-14-35(44)16-21-43-47(4,5)38-30-33(32-53)12-18-40(38)51(43)27-29-54-9/h12,15-23,25-26,30-31,45,52-53H,11,13-14,24,27-29,32H2,1-10H3/q+2. The molecule has 0 spiro atoms. The highest BCUT2D eigenvalue weighted by molar-refractivity contribution is 6.03. The topological polar surface area (TPSA) is 78.3 Å². The molecule has 2 N–H and O–H groups in total. The molecule has 0 saturated carbocycles. The second-order valence-corrected chi connectivity index (χ2v) is 17.5. The van der Waals surface area contributed by atoms with Crippen molar-refractivity contribution in [2.45, 2.75) is 91.3 Å². The van der Waals surface area contributed by atoms with E-state index in [9.17, 15) is 10.2 Å². The lowest BCUT2D eigenvalue weighted by Crippen LogP contribution is -2.29. The summed E-state index contributed by atoms with van der Waals surface area (Å²) in [5.41, 5.74) is 10.7. The number of benzene rings is 2. The van der Waals surface area contributed by atoms with Gasteiger partial charge >= 0.3 is 0 Å². The number of aliphatic hydroxyl groups is 2. The van der Waals surface area contributed by atoms with Crippen molar-refractivity contribution in [1.29, 1.82) is 0 Å². The lowest BCUT2D eigenvalue weighted by Gasteiger charge is -2.32. The highest BCUT2D eigenvalue weighted by atomic mass is 16.5. The Morgan fingerprint density at radius 1 is 0.893 bits per heavy atom. The Morgan fingerprint density at radius 2 is 1.64 bits per heavy atom. The zero-order valence-electron chi connectivity index (χ0n) is 35.3. The Bertz CT molecular complexity index is 2080. The molecular weight excluding hydrogens is 699 g/mol. The monoisotopic (exact) mass is 761 g/mol. The highest BCUT2D eigenvalue weighted by Crippen LogP contribution is 2.49. The van der Waals surface area contributed by atoms with Crippen LogP contribution in [0.2, 0.25) is 0 Å². The highest BCUT2D eigenvalue weighted by Gasteiger charge is 2.45. The first-order valence-electron chi connectivity index (χ1n) is 20.1. The molecule has 0 bridgehead atoms. The van der Waals surface area contributed by atoms with E-state index in [0.717, 1.165) is 59.9 Å². The lowest BCUT2D eigenvalue weighted by atomic mass is 9.81. The van der Waals surface area contributed by atoms with Crippen LogP contribution in [0.4, 0.5) is 11.4 Å². The van der Waals surface area contributed by atoms with Crippen LogP contribution in [0, 0.1) is 5.41 Å². The average Bonchev–Trinajstić information content (AvgIpc) is 3.73. The third kappa shape index (κ3) is 8.02. The van der Waals surface area contributed by atoms with E-state index < -0.39 is 0 Å². The van der Waals surface area contributed by atoms with Gasteiger partial charge in [-0.1, -0.05) is 52.8 Å². The van der Waals surface area contributed by atoms with Crippen molar-refractivity contribution < 1.29 is 33.6 Å². The zero-order chi connectivity index (χ0) is 40.4. The molecule has 298 valence electrons. The Balaban J connectivity index is 1.48. The van der Waals surface area contributed by atoms with Crippen molar-refractivity contribution in [3.63, 3.8) is 0 Å². The molecule has 3 heterocycles. The fourth-order valence-electron chi connectivity index (χ4n) is 8.58. The number of fused-ring (bicyclic) bond motifs is 2. The second kappa shape index (κ2) is 16.5. The average molecular weight is 762 g/mol. The van der Waals surface area contributed by atoms with E-state index in [1.165, 1.54) is 33.7 Å². The molecule has 2 aromatic carbocycles. The van der Waals surface area contributed by atoms with Crippen molar-refractivity contribution in [2.75, 3.05) is 45.4 Å². The van der Waals surface area contributed by atoms with Gasteiger partial charge in [0, 0.05) is 84.3 Å². The van der Waals surface area contributed by atoms with Crippen LogP contribution in [-0.4, -0.2) is 61.0 Å². The number of anilines is 1. The fourth-order valence-corrected chi connectivity index (χ4v) is 8.58. The molecular formula is C48H63N3O5+2. The van der Waals surface area contributed by atoms with Crippen LogP contribution < -0.4 is 14.2 Å². The maximum absolute atomic E-state index is 10.00. The fraction of sp³-hybridized carbons (Fsp3) is 0.458. The summed E-state index contributed by atoms with van der Waals surface area (Å²) in [6.45, 7) is 18.0. The quantitative estimate of drug-likeness (QED) is 0.161. The second-order valence-electron chi connectivity index (χ2n) is 17.5. The van der Waals surface area contributed by atoms with Crippen molar-refractivity contribution in [3.05, 3.63) is 130 Å². The summed E-state index contributed by atoms with van der Waals surface area (Å²) in [6.07, 6.45) is 15.5. The van der Waals surface area contributed by atoms with Gasteiger partial charge in [0.2, 0.25) is 5.69 Å². The molecule has 6 rings (SSSR count). The van der Waals surface area contributed by atoms with E-state index in [1.54, 1.807) is 14.2 Å². The van der Waals surface area contributed by atoms with Gasteiger partial charge in [0.15, 0.2) is 24.7 Å². The maximum Gasteiger partial charge on any atom is 0.210 e. The smallest absolute Gasteiger partial charge is 0.210 e. The molecule has 0 radical (unpaired) electrons. The summed E-state index contributed by atoms with van der Waals surface area (Å²) in [5, 5.41) is 19.9. The molecule has 8 nitrogen and oxygen atoms in total. The summed E-state index contributed by atoms with van der Waals surface area (Å²) in [6, 6.07) is 16.9. The largest absolute Gasteiger partial charge is 0.497 e. The van der Waals surface area contributed by atoms with Crippen LogP contribution >= 0.6 is 0 Å². The van der Waals surface area contributed by atoms with E-state index in [0.29, 0.717) is 13.0 Å². The molecule has 1 unspecified atom stereocenters. The van der Waals surface area contributed by atoms with E-state index in [-0.39, 0.29) is 35.6 Å². The SMILES string of the molecule is COCCN1/C(=C/C=C2\CCC(/C=C/C3=[N+](CCCO)c4ccc(OC)cc4C3(C)C)=C2OC(c2cc[n+](C)cc2)C(C)(C)C)C(C)(C)c2cc(CO)ccc21. The molecule has 3 aliphatic rings. The number of aryl methyl sites for hydroxylation is 1. The number of pyridine rings is 1. The molecule has 3 aromatic rings. The predicted octanol–water partition coefficient (Wildman–Crippen LogP) is 8.43. The Labute approximate surface area is 334 Å². The summed E-state index contributed by atoms with van der Waals surface area (Å²) >= 11 is 0. The normalized spacial score (nSPS) is 19.5. The van der Waals surface area contributed by atoms with E-state index >= 15 is 0 Å². The van der Waals surface area contributed by atoms with Gasteiger partial charge in [-0.15, -0.1) is 0 Å². The molecule has 2 aliphatic heterocycles. The van der Waals surface area contributed by atoms with Gasteiger partial charge < -0.3 is 29.3 Å². The van der Waals surface area contributed by atoms with E-state index in [2.05, 4.69) is 136 Å². The third-order valence-corrected chi connectivity index (χ3v) is 11.8. The van der Waals surface area contributed by atoms with Crippen molar-refractivity contribution in [1.82, 2.24) is 0 Å². The van der Waals surface area contributed by atoms with Gasteiger partial charge in [0.05, 0.1) is 25.7 Å². The zero-order valence-corrected chi connectivity index (χ0v) is 35.3. The number of rotatable bonds is 14. The molecule has 1 aliphatic carbocycles. The van der Waals surface area contributed by atoms with Gasteiger partial charge in [-0.05, 0) is 79.3 Å². The van der Waals surface area contributed by atoms with Gasteiger partial charge in [0.25, 0.3) is 0 Å². The number of methoxy groups -OCH3 is 2. The van der Waals surface area contributed by atoms with Crippen molar-refractivity contribution in [3.8, 4) is 5.75 Å². The maximum atomic E-state index is 10.00. The van der Waals surface area contributed by atoms with Crippen LogP contribution in [0.1, 0.15) is 96.1 Å². The summed E-state index contributed by atoms with van der Waals surface area (Å²) in [5.74, 6) is 1.77. The molecule has 0 amide bonds. The Morgan fingerprint density at radius 3 is 2.30 bits per heavy atom. The van der Waals surface area contributed by atoms with Crippen LogP contribution in [-0.2, 0) is 34.0 Å². The Kier molecular flexibility index (Phi) is 12.1. The number of allylic oxidation sites excluding steroid dienone is 7. The molecule has 0 fully saturated rings. The van der Waals surface area contributed by atoms with E-state index in [4.69, 9.17) is 14.2 Å². The number of hydrogen-bond donors (Lipinski definition) is 2. The van der Waals surface area contributed by atoms with Crippen LogP contribution in [0.3, 0.4) is 0 Å². The van der Waals surface area contributed by atoms with Crippen molar-refractivity contribution in [2.24, 2.45) is 12.5 Å². The minimum atomic E-state index is -0.286. The summed E-state index contributed by atoms with van der Waals surface area (Å²) in [7, 11) is 5.50. The molecule has 8 heteroatoms. The minimum absolute atomic E-state index is 0.0106. The lowest BCUT2D eigenvalue weighted by molar-refractivity contribution is -0.671. The number of hydrogen-bond acceptors (Lipinski definition) is 6. The van der Waals surface area contributed by atoms with Gasteiger partial charge in [-0.25, -0.2) is 4.57 Å². The first-order valence-corrected chi connectivity index (χ1v) is 20.1. The first kappa shape index (κ1) is 41.1. The van der Waals surface area contributed by atoms with Gasteiger partial charge in [0.1, 0.15) is 24.7 Å². The summed E-state index contributed by atoms with van der Waals surface area (Å²) in [4.78, 5) is 2.37. The van der Waals surface area contributed by atoms with Crippen LogP contribution in [0.15, 0.2) is 108 Å². The van der Waals surface area contributed by atoms with Gasteiger partial charge in [-0.2, -0.15) is 4.58 Å². The minimum Gasteiger partial charge on any atom is -0.497 e. The number of aliphatic hydroxyl groups excluding tert-OH is 2. The molecule has 56 heavy (non-hydrogen) atoms. The molecule has 1 aromatic heterocycles.